The van der Waals surface area contributed by atoms with E-state index in [4.69, 9.17) is 9.47 Å². The molecule has 0 aromatic heterocycles. The summed E-state index contributed by atoms with van der Waals surface area (Å²) >= 11 is 0. The van der Waals surface area contributed by atoms with Gasteiger partial charge in [-0.15, -0.1) is 0 Å². The van der Waals surface area contributed by atoms with Crippen LogP contribution in [0.4, 0.5) is 0 Å². The lowest BCUT2D eigenvalue weighted by Gasteiger charge is -2.30. The molecular weight excluding hydrogens is 240 g/mol. The Balaban J connectivity index is 4.07. The molecule has 0 bridgehead atoms. The molecule has 4 heteroatoms. The molecule has 0 aromatic rings. The highest BCUT2D eigenvalue weighted by Gasteiger charge is 2.14. The second-order valence-electron chi connectivity index (χ2n) is 5.15. The number of hydrogen-bond donors (Lipinski definition) is 1. The van der Waals surface area contributed by atoms with Crippen LogP contribution in [0.2, 0.25) is 0 Å². The van der Waals surface area contributed by atoms with Crippen molar-refractivity contribution in [1.82, 2.24) is 10.2 Å². The Hall–Kier alpha value is -0.160. The third-order valence-corrected chi connectivity index (χ3v) is 3.69. The molecule has 0 heterocycles. The first-order valence-electron chi connectivity index (χ1n) is 7.64. The number of hydrogen-bond acceptors (Lipinski definition) is 4. The second kappa shape index (κ2) is 12.9. The van der Waals surface area contributed by atoms with Crippen molar-refractivity contribution in [3.05, 3.63) is 0 Å². The van der Waals surface area contributed by atoms with E-state index >= 15 is 0 Å². The Morgan fingerprint density at radius 1 is 1.00 bits per heavy atom. The minimum Gasteiger partial charge on any atom is -0.385 e. The molecule has 116 valence electrons. The molecule has 0 aliphatic rings. The van der Waals surface area contributed by atoms with Crippen LogP contribution in [0.1, 0.15) is 40.0 Å². The van der Waals surface area contributed by atoms with Crippen molar-refractivity contribution in [2.45, 2.75) is 52.1 Å². The third kappa shape index (κ3) is 9.38. The first-order valence-corrected chi connectivity index (χ1v) is 7.64. The summed E-state index contributed by atoms with van der Waals surface area (Å²) in [4.78, 5) is 2.48. The van der Waals surface area contributed by atoms with Crippen LogP contribution in [0.3, 0.4) is 0 Å². The largest absolute Gasteiger partial charge is 0.385 e. The zero-order valence-corrected chi connectivity index (χ0v) is 13.6. The third-order valence-electron chi connectivity index (χ3n) is 3.69. The summed E-state index contributed by atoms with van der Waals surface area (Å²) in [5.74, 6) is 0. The van der Waals surface area contributed by atoms with Gasteiger partial charge in [0.15, 0.2) is 0 Å². The van der Waals surface area contributed by atoms with Crippen molar-refractivity contribution in [2.24, 2.45) is 0 Å². The van der Waals surface area contributed by atoms with E-state index in [1.165, 1.54) is 12.8 Å². The van der Waals surface area contributed by atoms with Crippen LogP contribution >= 0.6 is 0 Å². The number of nitrogens with one attached hydrogen (secondary N) is 1. The van der Waals surface area contributed by atoms with E-state index in [0.29, 0.717) is 12.1 Å². The fourth-order valence-electron chi connectivity index (χ4n) is 2.22. The summed E-state index contributed by atoms with van der Waals surface area (Å²) in [6.45, 7) is 11.5. The molecule has 0 radical (unpaired) electrons. The van der Waals surface area contributed by atoms with Gasteiger partial charge < -0.3 is 14.8 Å². The molecule has 4 nitrogen and oxygen atoms in total. The molecule has 0 saturated heterocycles. The summed E-state index contributed by atoms with van der Waals surface area (Å²) in [6, 6.07) is 1.18. The predicted molar refractivity (Wildman–Crippen MR) is 81.8 cm³/mol. The van der Waals surface area contributed by atoms with Crippen molar-refractivity contribution in [3.63, 3.8) is 0 Å². The lowest BCUT2D eigenvalue weighted by Crippen LogP contribution is -2.45. The summed E-state index contributed by atoms with van der Waals surface area (Å²) in [6.07, 6.45) is 3.48. The summed E-state index contributed by atoms with van der Waals surface area (Å²) in [5, 5.41) is 3.65. The maximum atomic E-state index is 5.20. The van der Waals surface area contributed by atoms with Crippen LogP contribution in [0.5, 0.6) is 0 Å². The molecule has 1 atom stereocenters. The first kappa shape index (κ1) is 18.8. The minimum atomic E-state index is 0.535. The average molecular weight is 274 g/mol. The van der Waals surface area contributed by atoms with E-state index in [9.17, 15) is 0 Å². The Morgan fingerprint density at radius 3 is 2.16 bits per heavy atom. The number of rotatable bonds is 13. The van der Waals surface area contributed by atoms with Gasteiger partial charge in [0, 0.05) is 52.5 Å². The monoisotopic (exact) mass is 274 g/mol. The van der Waals surface area contributed by atoms with Gasteiger partial charge in [-0.3, -0.25) is 4.90 Å². The van der Waals surface area contributed by atoms with Crippen molar-refractivity contribution in [3.8, 4) is 0 Å². The van der Waals surface area contributed by atoms with Crippen LogP contribution < -0.4 is 5.32 Å². The fraction of sp³-hybridized carbons (Fsp3) is 1.00. The maximum absolute atomic E-state index is 5.20. The number of ether oxygens (including phenoxy) is 2. The second-order valence-corrected chi connectivity index (χ2v) is 5.15. The molecule has 0 aromatic carbocycles. The molecule has 1 N–H and O–H groups in total. The summed E-state index contributed by atoms with van der Waals surface area (Å²) in [5.41, 5.74) is 0. The van der Waals surface area contributed by atoms with E-state index in [-0.39, 0.29) is 0 Å². The van der Waals surface area contributed by atoms with Crippen molar-refractivity contribution < 1.29 is 9.47 Å². The smallest absolute Gasteiger partial charge is 0.0589 e. The van der Waals surface area contributed by atoms with E-state index in [2.05, 4.69) is 31.0 Å². The van der Waals surface area contributed by atoms with Crippen molar-refractivity contribution in [1.29, 1.82) is 0 Å². The molecule has 0 amide bonds. The van der Waals surface area contributed by atoms with E-state index in [0.717, 1.165) is 39.3 Å². The van der Waals surface area contributed by atoms with Gasteiger partial charge in [-0.25, -0.2) is 0 Å². The Labute approximate surface area is 119 Å². The topological polar surface area (TPSA) is 33.7 Å². The Kier molecular flexibility index (Phi) is 12.7. The number of nitrogens with zero attached hydrogens (tertiary/aromatic N) is 1. The van der Waals surface area contributed by atoms with Gasteiger partial charge in [0.25, 0.3) is 0 Å². The summed E-state index contributed by atoms with van der Waals surface area (Å²) in [7, 11) is 3.53. The maximum Gasteiger partial charge on any atom is 0.0589 e. The van der Waals surface area contributed by atoms with E-state index < -0.39 is 0 Å². The standard InChI is InChI=1S/C15H34N2O2/c1-6-15(7-2)16-13-14(3)17(10-12-19-5)9-8-11-18-4/h14-16H,6-13H2,1-5H3. The van der Waals surface area contributed by atoms with Gasteiger partial charge in [-0.1, -0.05) is 13.8 Å². The Bertz CT molecular complexity index is 187. The average Bonchev–Trinajstić information content (AvgIpc) is 2.43. The SMILES string of the molecule is CCC(CC)NCC(C)N(CCCOC)CCOC. The van der Waals surface area contributed by atoms with Gasteiger partial charge in [-0.2, -0.15) is 0 Å². The Morgan fingerprint density at radius 2 is 1.63 bits per heavy atom. The van der Waals surface area contributed by atoms with Crippen LogP contribution in [0.15, 0.2) is 0 Å². The van der Waals surface area contributed by atoms with Crippen molar-refractivity contribution >= 4 is 0 Å². The van der Waals surface area contributed by atoms with Crippen LogP contribution in [-0.2, 0) is 9.47 Å². The summed E-state index contributed by atoms with van der Waals surface area (Å²) < 4.78 is 10.3. The van der Waals surface area contributed by atoms with Crippen LogP contribution in [0.25, 0.3) is 0 Å². The predicted octanol–water partition coefficient (Wildman–Crippen LogP) is 2.14. The molecule has 19 heavy (non-hydrogen) atoms. The molecule has 0 aliphatic heterocycles. The fourth-order valence-corrected chi connectivity index (χ4v) is 2.22. The molecular formula is C15H34N2O2. The minimum absolute atomic E-state index is 0.535. The van der Waals surface area contributed by atoms with Gasteiger partial charge in [0.2, 0.25) is 0 Å². The molecule has 0 rings (SSSR count). The van der Waals surface area contributed by atoms with E-state index in [1.807, 2.05) is 0 Å². The molecule has 0 spiro atoms. The van der Waals surface area contributed by atoms with Gasteiger partial charge in [0.05, 0.1) is 6.61 Å². The highest BCUT2D eigenvalue weighted by molar-refractivity contribution is 4.73. The zero-order valence-electron chi connectivity index (χ0n) is 13.6. The van der Waals surface area contributed by atoms with E-state index in [1.54, 1.807) is 14.2 Å². The zero-order chi connectivity index (χ0) is 14.5. The van der Waals surface area contributed by atoms with Gasteiger partial charge in [0.1, 0.15) is 0 Å². The van der Waals surface area contributed by atoms with Crippen molar-refractivity contribution in [2.75, 3.05) is 47.1 Å². The van der Waals surface area contributed by atoms with Gasteiger partial charge in [-0.05, 0) is 26.2 Å². The highest BCUT2D eigenvalue weighted by atomic mass is 16.5. The van der Waals surface area contributed by atoms with Crippen LogP contribution in [-0.4, -0.2) is 64.1 Å². The quantitative estimate of drug-likeness (QED) is 0.522. The molecule has 0 saturated carbocycles. The molecule has 0 aliphatic carbocycles. The highest BCUT2D eigenvalue weighted by Crippen LogP contribution is 2.03. The molecule has 1 unspecified atom stereocenters. The lowest BCUT2D eigenvalue weighted by molar-refractivity contribution is 0.109. The first-order chi connectivity index (χ1) is 9.19. The lowest BCUT2D eigenvalue weighted by atomic mass is 10.1. The van der Waals surface area contributed by atoms with Crippen LogP contribution in [0, 0.1) is 0 Å². The number of methoxy groups -OCH3 is 2. The van der Waals surface area contributed by atoms with Gasteiger partial charge >= 0.3 is 0 Å². The molecule has 0 fully saturated rings. The normalized spacial score (nSPS) is 13.4.